The number of aryl methyl sites for hydroxylation is 2. The number of thioether (sulfide) groups is 1. The zero-order valence-electron chi connectivity index (χ0n) is 17.1. The van der Waals surface area contributed by atoms with Gasteiger partial charge in [-0.2, -0.15) is 11.8 Å². The summed E-state index contributed by atoms with van der Waals surface area (Å²) in [5, 5.41) is 1.74. The third kappa shape index (κ3) is 4.26. The fraction of sp³-hybridized carbons (Fsp3) is 0.364. The maximum atomic E-state index is 12.5. The van der Waals surface area contributed by atoms with E-state index in [0.717, 1.165) is 44.7 Å². The van der Waals surface area contributed by atoms with E-state index >= 15 is 0 Å². The fourth-order valence-corrected chi connectivity index (χ4v) is 7.01. The summed E-state index contributed by atoms with van der Waals surface area (Å²) in [6, 6.07) is 8.02. The molecule has 1 aromatic carbocycles. The molecule has 5 rings (SSSR count). The number of fused-ring (bicyclic) bond motifs is 4. The van der Waals surface area contributed by atoms with Crippen molar-refractivity contribution in [3.63, 3.8) is 0 Å². The van der Waals surface area contributed by atoms with E-state index < -0.39 is 0 Å². The molecule has 1 aliphatic carbocycles. The van der Waals surface area contributed by atoms with Crippen LogP contribution in [-0.4, -0.2) is 38.6 Å². The van der Waals surface area contributed by atoms with Crippen LogP contribution < -0.4 is 5.56 Å². The SMILES string of the molecule is CN(Cc1nc2ccccc2s1)C(=O)CCSCc1nc2sc3c(c2c(=O)[nH]1)CCC3. The van der Waals surface area contributed by atoms with Crippen molar-refractivity contribution in [1.29, 1.82) is 0 Å². The van der Waals surface area contributed by atoms with Crippen LogP contribution in [0.15, 0.2) is 29.1 Å². The Morgan fingerprint density at radius 3 is 2.97 bits per heavy atom. The topological polar surface area (TPSA) is 79.0 Å². The molecule has 31 heavy (non-hydrogen) atoms. The van der Waals surface area contributed by atoms with Crippen LogP contribution in [0.2, 0.25) is 0 Å². The van der Waals surface area contributed by atoms with Gasteiger partial charge in [0, 0.05) is 24.1 Å². The fourth-order valence-electron chi connectivity index (χ4n) is 3.91. The molecular weight excluding hydrogens is 448 g/mol. The summed E-state index contributed by atoms with van der Waals surface area (Å²) in [5.41, 5.74) is 2.16. The number of aromatic nitrogens is 3. The average Bonchev–Trinajstić information content (AvgIpc) is 3.44. The Morgan fingerprint density at radius 2 is 2.10 bits per heavy atom. The zero-order chi connectivity index (χ0) is 21.4. The molecule has 0 atom stereocenters. The number of nitrogens with zero attached hydrogens (tertiary/aromatic N) is 3. The first-order chi connectivity index (χ1) is 15.1. The first-order valence-corrected chi connectivity index (χ1v) is 13.1. The number of H-pyrrole nitrogens is 1. The summed E-state index contributed by atoms with van der Waals surface area (Å²) < 4.78 is 1.14. The Labute approximate surface area is 191 Å². The molecule has 0 aliphatic heterocycles. The van der Waals surface area contributed by atoms with Gasteiger partial charge in [-0.1, -0.05) is 12.1 Å². The van der Waals surface area contributed by atoms with Gasteiger partial charge in [0.05, 0.1) is 27.9 Å². The highest BCUT2D eigenvalue weighted by atomic mass is 32.2. The molecule has 0 unspecified atom stereocenters. The van der Waals surface area contributed by atoms with Crippen LogP contribution in [0.4, 0.5) is 0 Å². The number of benzene rings is 1. The number of hydrogen-bond donors (Lipinski definition) is 1. The monoisotopic (exact) mass is 470 g/mol. The highest BCUT2D eigenvalue weighted by Gasteiger charge is 2.21. The molecule has 9 heteroatoms. The molecule has 0 spiro atoms. The normalized spacial score (nSPS) is 13.2. The van der Waals surface area contributed by atoms with Crippen LogP contribution in [0.3, 0.4) is 0 Å². The van der Waals surface area contributed by atoms with Crippen LogP contribution in [0, 0.1) is 0 Å². The molecule has 1 aliphatic rings. The molecule has 4 aromatic rings. The molecule has 0 radical (unpaired) electrons. The number of para-hydroxylation sites is 1. The van der Waals surface area contributed by atoms with Crippen molar-refractivity contribution in [2.24, 2.45) is 0 Å². The summed E-state index contributed by atoms with van der Waals surface area (Å²) >= 11 is 4.91. The average molecular weight is 471 g/mol. The second kappa shape index (κ2) is 8.72. The zero-order valence-corrected chi connectivity index (χ0v) is 19.6. The van der Waals surface area contributed by atoms with E-state index in [0.29, 0.717) is 30.3 Å². The van der Waals surface area contributed by atoms with Crippen LogP contribution in [0.5, 0.6) is 0 Å². The van der Waals surface area contributed by atoms with Gasteiger partial charge in [-0.3, -0.25) is 9.59 Å². The quantitative estimate of drug-likeness (QED) is 0.406. The largest absolute Gasteiger partial charge is 0.339 e. The van der Waals surface area contributed by atoms with E-state index in [4.69, 9.17) is 0 Å². The Balaban J connectivity index is 1.14. The number of aromatic amines is 1. The first kappa shape index (κ1) is 20.7. The van der Waals surface area contributed by atoms with E-state index in [1.54, 1.807) is 39.3 Å². The lowest BCUT2D eigenvalue weighted by molar-refractivity contribution is -0.129. The van der Waals surface area contributed by atoms with Crippen molar-refractivity contribution in [2.45, 2.75) is 38.0 Å². The van der Waals surface area contributed by atoms with Gasteiger partial charge in [-0.15, -0.1) is 22.7 Å². The predicted molar refractivity (Wildman–Crippen MR) is 129 cm³/mol. The van der Waals surface area contributed by atoms with Crippen LogP contribution in [-0.2, 0) is 29.9 Å². The number of rotatable bonds is 7. The summed E-state index contributed by atoms with van der Waals surface area (Å²) in [6.45, 7) is 0.525. The van der Waals surface area contributed by atoms with E-state index in [9.17, 15) is 9.59 Å². The van der Waals surface area contributed by atoms with Gasteiger partial charge in [0.1, 0.15) is 15.7 Å². The van der Waals surface area contributed by atoms with Gasteiger partial charge in [0.2, 0.25) is 5.91 Å². The minimum absolute atomic E-state index is 0.0216. The Kier molecular flexibility index (Phi) is 5.81. The van der Waals surface area contributed by atoms with Gasteiger partial charge in [0.25, 0.3) is 5.56 Å². The minimum atomic E-state index is -0.0216. The van der Waals surface area contributed by atoms with Gasteiger partial charge in [0.15, 0.2) is 0 Å². The standard InChI is InChI=1S/C22H22N4O2S3/c1-26(11-18-23-14-6-2-3-7-16(14)30-18)19(27)9-10-29-12-17-24-21(28)20-13-5-4-8-15(13)31-22(20)25-17/h2-3,6-7H,4-5,8-12H2,1H3,(H,24,25,28). The highest BCUT2D eigenvalue weighted by Crippen LogP contribution is 2.34. The lowest BCUT2D eigenvalue weighted by Crippen LogP contribution is -2.26. The first-order valence-electron chi connectivity index (χ1n) is 10.3. The van der Waals surface area contributed by atoms with Crippen LogP contribution in [0.25, 0.3) is 20.4 Å². The minimum Gasteiger partial charge on any atom is -0.339 e. The van der Waals surface area contributed by atoms with E-state index in [-0.39, 0.29) is 11.5 Å². The Bertz CT molecular complexity index is 1290. The molecule has 3 heterocycles. The van der Waals surface area contributed by atoms with Crippen molar-refractivity contribution in [3.05, 3.63) is 55.9 Å². The van der Waals surface area contributed by atoms with Crippen LogP contribution >= 0.6 is 34.4 Å². The number of hydrogen-bond acceptors (Lipinski definition) is 7. The third-order valence-corrected chi connectivity index (χ3v) is 8.64. The number of amides is 1. The Morgan fingerprint density at radius 1 is 1.23 bits per heavy atom. The lowest BCUT2D eigenvalue weighted by atomic mass is 10.2. The van der Waals surface area contributed by atoms with E-state index in [1.807, 2.05) is 25.2 Å². The van der Waals surface area contributed by atoms with Crippen molar-refractivity contribution >= 4 is 60.8 Å². The number of carbonyl (C=O) groups excluding carboxylic acids is 1. The second-order valence-corrected chi connectivity index (χ2v) is 11.0. The summed E-state index contributed by atoms with van der Waals surface area (Å²) in [5.74, 6) is 2.07. The van der Waals surface area contributed by atoms with Gasteiger partial charge in [-0.05, 0) is 37.0 Å². The van der Waals surface area contributed by atoms with Crippen molar-refractivity contribution in [2.75, 3.05) is 12.8 Å². The van der Waals surface area contributed by atoms with Gasteiger partial charge in [-0.25, -0.2) is 9.97 Å². The maximum absolute atomic E-state index is 12.5. The summed E-state index contributed by atoms with van der Waals surface area (Å²) in [7, 11) is 1.82. The van der Waals surface area contributed by atoms with E-state index in [1.165, 1.54) is 10.4 Å². The molecule has 160 valence electrons. The predicted octanol–water partition coefficient (Wildman–Crippen LogP) is 4.36. The van der Waals surface area contributed by atoms with Crippen molar-refractivity contribution in [3.8, 4) is 0 Å². The smallest absolute Gasteiger partial charge is 0.259 e. The number of thiazole rings is 1. The summed E-state index contributed by atoms with van der Waals surface area (Å²) in [4.78, 5) is 41.1. The lowest BCUT2D eigenvalue weighted by Gasteiger charge is -2.15. The van der Waals surface area contributed by atoms with Gasteiger partial charge < -0.3 is 9.88 Å². The van der Waals surface area contributed by atoms with Crippen LogP contribution in [0.1, 0.15) is 34.1 Å². The molecule has 0 bridgehead atoms. The van der Waals surface area contributed by atoms with Crippen molar-refractivity contribution < 1.29 is 4.79 Å². The third-order valence-electron chi connectivity index (χ3n) is 5.46. The molecule has 1 N–H and O–H groups in total. The van der Waals surface area contributed by atoms with Crippen molar-refractivity contribution in [1.82, 2.24) is 19.9 Å². The molecule has 1 amide bonds. The molecule has 6 nitrogen and oxygen atoms in total. The number of thiophene rings is 1. The van der Waals surface area contributed by atoms with E-state index in [2.05, 4.69) is 21.0 Å². The maximum Gasteiger partial charge on any atom is 0.259 e. The number of carbonyl (C=O) groups is 1. The van der Waals surface area contributed by atoms with Gasteiger partial charge >= 0.3 is 0 Å². The molecule has 3 aromatic heterocycles. The molecule has 0 saturated heterocycles. The highest BCUT2D eigenvalue weighted by molar-refractivity contribution is 7.98. The second-order valence-electron chi connectivity index (χ2n) is 7.68. The summed E-state index contributed by atoms with van der Waals surface area (Å²) in [6.07, 6.45) is 3.63. The number of nitrogens with one attached hydrogen (secondary N) is 1. The Hall–Kier alpha value is -2.23. The molecular formula is C22H22N4O2S3. The molecule has 0 fully saturated rings. The molecule has 0 saturated carbocycles.